The van der Waals surface area contributed by atoms with Crippen LogP contribution >= 0.6 is 23.1 Å². The van der Waals surface area contributed by atoms with Crippen LogP contribution in [0.15, 0.2) is 21.7 Å². The van der Waals surface area contributed by atoms with E-state index < -0.39 is 12.0 Å². The first kappa shape index (κ1) is 12.5. The summed E-state index contributed by atoms with van der Waals surface area (Å²) < 4.78 is 1.16. The molecule has 84 valence electrons. The van der Waals surface area contributed by atoms with Crippen LogP contribution in [0, 0.1) is 0 Å². The minimum Gasteiger partial charge on any atom is -0.480 e. The molecule has 1 aromatic heterocycles. The van der Waals surface area contributed by atoms with E-state index in [0.717, 1.165) is 4.21 Å². The van der Waals surface area contributed by atoms with Gasteiger partial charge in [-0.15, -0.1) is 23.1 Å². The molecule has 0 bridgehead atoms. The van der Waals surface area contributed by atoms with Gasteiger partial charge in [-0.1, -0.05) is 19.9 Å². The number of carboxylic acid groups (broad SMARTS) is 1. The van der Waals surface area contributed by atoms with Gasteiger partial charge in [0.2, 0.25) is 0 Å². The van der Waals surface area contributed by atoms with E-state index in [-0.39, 0.29) is 6.04 Å². The molecule has 0 aliphatic heterocycles. The number of hydrogen-bond acceptors (Lipinski definition) is 4. The number of rotatable bonds is 6. The highest BCUT2D eigenvalue weighted by Crippen LogP contribution is 2.23. The third kappa shape index (κ3) is 4.68. The van der Waals surface area contributed by atoms with Crippen LogP contribution in [0.3, 0.4) is 0 Å². The molecule has 2 N–H and O–H groups in total. The second kappa shape index (κ2) is 6.15. The molecule has 0 amide bonds. The molecule has 0 spiro atoms. The second-order valence-corrected chi connectivity index (χ2v) is 5.72. The highest BCUT2D eigenvalue weighted by Gasteiger charge is 2.18. The van der Waals surface area contributed by atoms with Gasteiger partial charge in [0.1, 0.15) is 6.04 Å². The average molecular weight is 245 g/mol. The van der Waals surface area contributed by atoms with E-state index >= 15 is 0 Å². The maximum absolute atomic E-state index is 10.9. The fourth-order valence-electron chi connectivity index (χ4n) is 1.10. The van der Waals surface area contributed by atoms with Crippen molar-refractivity contribution >= 4 is 29.1 Å². The number of thiophene rings is 1. The van der Waals surface area contributed by atoms with Crippen LogP contribution in [0.2, 0.25) is 0 Å². The van der Waals surface area contributed by atoms with Crippen molar-refractivity contribution in [3.63, 3.8) is 0 Å². The van der Waals surface area contributed by atoms with Crippen molar-refractivity contribution in [1.29, 1.82) is 0 Å². The van der Waals surface area contributed by atoms with Crippen LogP contribution in [0.1, 0.15) is 13.8 Å². The Morgan fingerprint density at radius 3 is 2.87 bits per heavy atom. The zero-order chi connectivity index (χ0) is 11.3. The lowest BCUT2D eigenvalue weighted by Crippen LogP contribution is -2.42. The number of carboxylic acids is 1. The van der Waals surface area contributed by atoms with Gasteiger partial charge in [0.05, 0.1) is 4.21 Å². The van der Waals surface area contributed by atoms with Gasteiger partial charge in [-0.2, -0.15) is 0 Å². The predicted octanol–water partition coefficient (Wildman–Crippen LogP) is 2.29. The van der Waals surface area contributed by atoms with Crippen molar-refractivity contribution in [2.45, 2.75) is 30.1 Å². The van der Waals surface area contributed by atoms with E-state index in [9.17, 15) is 4.79 Å². The van der Waals surface area contributed by atoms with Crippen molar-refractivity contribution in [3.8, 4) is 0 Å². The van der Waals surface area contributed by atoms with E-state index in [4.69, 9.17) is 5.11 Å². The average Bonchev–Trinajstić information content (AvgIpc) is 2.63. The molecular weight excluding hydrogens is 230 g/mol. The fourth-order valence-corrected chi connectivity index (χ4v) is 2.94. The predicted molar refractivity (Wildman–Crippen MR) is 64.7 cm³/mol. The van der Waals surface area contributed by atoms with E-state index in [1.165, 1.54) is 0 Å². The van der Waals surface area contributed by atoms with E-state index in [1.54, 1.807) is 23.1 Å². The molecule has 0 saturated carbocycles. The van der Waals surface area contributed by atoms with Crippen LogP contribution in [0.5, 0.6) is 0 Å². The monoisotopic (exact) mass is 245 g/mol. The smallest absolute Gasteiger partial charge is 0.321 e. The van der Waals surface area contributed by atoms with Gasteiger partial charge in [-0.3, -0.25) is 4.79 Å². The van der Waals surface area contributed by atoms with Gasteiger partial charge in [0.25, 0.3) is 0 Å². The standard InChI is InChI=1S/C10H15NO2S2/c1-7(2)11-8(10(12)13)6-15-9-4-3-5-14-9/h3-5,7-8,11H,6H2,1-2H3,(H,12,13). The van der Waals surface area contributed by atoms with E-state index in [1.807, 2.05) is 31.4 Å². The molecule has 1 rings (SSSR count). The Balaban J connectivity index is 2.41. The Labute approximate surface area is 97.9 Å². The summed E-state index contributed by atoms with van der Waals surface area (Å²) in [6.07, 6.45) is 0. The highest BCUT2D eigenvalue weighted by molar-refractivity contribution is 8.01. The minimum absolute atomic E-state index is 0.190. The van der Waals surface area contributed by atoms with E-state index in [2.05, 4.69) is 5.32 Å². The summed E-state index contributed by atoms with van der Waals surface area (Å²) in [6, 6.07) is 3.69. The van der Waals surface area contributed by atoms with Gasteiger partial charge in [0.15, 0.2) is 0 Å². The SMILES string of the molecule is CC(C)NC(CSc1cccs1)C(=O)O. The fraction of sp³-hybridized carbons (Fsp3) is 0.500. The van der Waals surface area contributed by atoms with Crippen LogP contribution in [0.25, 0.3) is 0 Å². The van der Waals surface area contributed by atoms with Crippen LogP contribution < -0.4 is 5.32 Å². The summed E-state index contributed by atoms with van der Waals surface area (Å²) in [7, 11) is 0. The van der Waals surface area contributed by atoms with Gasteiger partial charge < -0.3 is 10.4 Å². The van der Waals surface area contributed by atoms with Gasteiger partial charge in [0, 0.05) is 11.8 Å². The van der Waals surface area contributed by atoms with Gasteiger partial charge in [-0.25, -0.2) is 0 Å². The van der Waals surface area contributed by atoms with Crippen LogP contribution in [-0.4, -0.2) is 28.9 Å². The summed E-state index contributed by atoms with van der Waals surface area (Å²) in [5, 5.41) is 14.0. The van der Waals surface area contributed by atoms with Crippen molar-refractivity contribution in [3.05, 3.63) is 17.5 Å². The Bertz CT molecular complexity index is 298. The van der Waals surface area contributed by atoms with Crippen molar-refractivity contribution in [2.75, 3.05) is 5.75 Å². The number of nitrogens with one attached hydrogen (secondary N) is 1. The first-order valence-corrected chi connectivity index (χ1v) is 6.61. The molecule has 0 aromatic carbocycles. The molecule has 1 aromatic rings. The summed E-state index contributed by atoms with van der Waals surface area (Å²) in [4.78, 5) is 10.9. The number of aliphatic carboxylic acids is 1. The summed E-state index contributed by atoms with van der Waals surface area (Å²) >= 11 is 3.22. The molecule has 0 saturated heterocycles. The minimum atomic E-state index is -0.784. The van der Waals surface area contributed by atoms with Crippen LogP contribution in [0.4, 0.5) is 0 Å². The lowest BCUT2D eigenvalue weighted by molar-refractivity contribution is -0.139. The molecule has 15 heavy (non-hydrogen) atoms. The van der Waals surface area contributed by atoms with E-state index in [0.29, 0.717) is 5.75 Å². The van der Waals surface area contributed by atoms with Crippen molar-refractivity contribution in [1.82, 2.24) is 5.32 Å². The highest BCUT2D eigenvalue weighted by atomic mass is 32.2. The second-order valence-electron chi connectivity index (χ2n) is 3.46. The zero-order valence-corrected chi connectivity index (χ0v) is 10.4. The summed E-state index contributed by atoms with van der Waals surface area (Å²) in [5.41, 5.74) is 0. The normalized spacial score (nSPS) is 13.0. The summed E-state index contributed by atoms with van der Waals surface area (Å²) in [6.45, 7) is 3.90. The third-order valence-electron chi connectivity index (χ3n) is 1.72. The maximum Gasteiger partial charge on any atom is 0.321 e. The molecule has 1 heterocycles. The van der Waals surface area contributed by atoms with Crippen molar-refractivity contribution in [2.24, 2.45) is 0 Å². The lowest BCUT2D eigenvalue weighted by Gasteiger charge is -2.16. The topological polar surface area (TPSA) is 49.3 Å². The third-order valence-corrected chi connectivity index (χ3v) is 3.94. The number of hydrogen-bond donors (Lipinski definition) is 2. The van der Waals surface area contributed by atoms with Crippen molar-refractivity contribution < 1.29 is 9.90 Å². The Morgan fingerprint density at radius 2 is 2.40 bits per heavy atom. The Hall–Kier alpha value is -0.520. The van der Waals surface area contributed by atoms with Crippen LogP contribution in [-0.2, 0) is 4.79 Å². The molecule has 1 atom stereocenters. The zero-order valence-electron chi connectivity index (χ0n) is 8.77. The molecule has 0 radical (unpaired) electrons. The molecular formula is C10H15NO2S2. The molecule has 0 aliphatic carbocycles. The molecule has 5 heteroatoms. The molecule has 1 unspecified atom stereocenters. The first-order chi connectivity index (χ1) is 7.09. The molecule has 3 nitrogen and oxygen atoms in total. The largest absolute Gasteiger partial charge is 0.480 e. The lowest BCUT2D eigenvalue weighted by atomic mass is 10.3. The Kier molecular flexibility index (Phi) is 5.14. The first-order valence-electron chi connectivity index (χ1n) is 4.74. The maximum atomic E-state index is 10.9. The van der Waals surface area contributed by atoms with Gasteiger partial charge in [-0.05, 0) is 11.4 Å². The summed E-state index contributed by atoms with van der Waals surface area (Å²) in [5.74, 6) is -0.221. The van der Waals surface area contributed by atoms with Gasteiger partial charge >= 0.3 is 5.97 Å². The number of thioether (sulfide) groups is 1. The Morgan fingerprint density at radius 1 is 1.67 bits per heavy atom. The number of carbonyl (C=O) groups is 1. The molecule has 0 aliphatic rings. The molecule has 0 fully saturated rings. The quantitative estimate of drug-likeness (QED) is 0.755.